The van der Waals surface area contributed by atoms with E-state index in [1.807, 2.05) is 13.0 Å². The van der Waals surface area contributed by atoms with E-state index in [1.54, 1.807) is 0 Å². The Bertz CT molecular complexity index is 507. The van der Waals surface area contributed by atoms with Crippen LogP contribution in [0.1, 0.15) is 24.6 Å². The van der Waals surface area contributed by atoms with Crippen molar-refractivity contribution in [3.05, 3.63) is 23.4 Å². The summed E-state index contributed by atoms with van der Waals surface area (Å²) in [5.41, 5.74) is 13.3. The van der Waals surface area contributed by atoms with Gasteiger partial charge >= 0.3 is 0 Å². The first-order valence-electron chi connectivity index (χ1n) is 5.95. The van der Waals surface area contributed by atoms with Gasteiger partial charge in [0.25, 0.3) is 0 Å². The van der Waals surface area contributed by atoms with E-state index in [0.717, 1.165) is 17.7 Å². The molecule has 19 heavy (non-hydrogen) atoms. The maximum Gasteiger partial charge on any atom is 0.188 e. The van der Waals surface area contributed by atoms with Gasteiger partial charge in [0.15, 0.2) is 11.8 Å². The molecule has 6 N–H and O–H groups in total. The van der Waals surface area contributed by atoms with E-state index >= 15 is 0 Å². The quantitative estimate of drug-likeness (QED) is 0.253. The fourth-order valence-electron chi connectivity index (χ4n) is 1.46. The lowest BCUT2D eigenvalue weighted by molar-refractivity contribution is 0.749. The van der Waals surface area contributed by atoms with E-state index in [0.29, 0.717) is 31.0 Å². The molecule has 0 spiro atoms. The third-order valence-corrected chi connectivity index (χ3v) is 2.41. The molecule has 0 aliphatic heterocycles. The van der Waals surface area contributed by atoms with Crippen molar-refractivity contribution in [1.29, 1.82) is 5.26 Å². The number of nitrogens with zero attached hydrogens (tertiary/aromatic N) is 3. The lowest BCUT2D eigenvalue weighted by Crippen LogP contribution is -2.32. The predicted molar refractivity (Wildman–Crippen MR) is 75.3 cm³/mol. The summed E-state index contributed by atoms with van der Waals surface area (Å²) in [6.07, 6.45) is 1.47. The van der Waals surface area contributed by atoms with Crippen LogP contribution >= 0.6 is 0 Å². The molecular formula is C12H19N7. The van der Waals surface area contributed by atoms with Crippen molar-refractivity contribution in [2.75, 3.05) is 18.8 Å². The van der Waals surface area contributed by atoms with Gasteiger partial charge < -0.3 is 16.8 Å². The standard InChI is InChI=1S/C12H19N7/c1-8(2)7-17-12(15)16-5-3-4-10-9(6-13)11(14)19-18-10/h1,3-5,7H2,2H3,(H3,14,18,19)(H3,15,16,17). The molecule has 0 bridgehead atoms. The molecule has 0 amide bonds. The number of nitrogen functional groups attached to an aromatic ring is 1. The number of nitrogens with one attached hydrogen (secondary N) is 2. The Kier molecular flexibility index (Phi) is 5.41. The second kappa shape index (κ2) is 7.06. The molecule has 0 saturated heterocycles. The Balaban J connectivity index is 2.33. The predicted octanol–water partition coefficient (Wildman–Crippen LogP) is 0.277. The summed E-state index contributed by atoms with van der Waals surface area (Å²) in [5.74, 6) is 0.639. The highest BCUT2D eigenvalue weighted by Crippen LogP contribution is 2.12. The van der Waals surface area contributed by atoms with Crippen molar-refractivity contribution in [2.45, 2.75) is 19.8 Å². The molecule has 0 unspecified atom stereocenters. The monoisotopic (exact) mass is 261 g/mol. The number of anilines is 1. The second-order valence-corrected chi connectivity index (χ2v) is 4.26. The van der Waals surface area contributed by atoms with E-state index < -0.39 is 0 Å². The number of aryl methyl sites for hydroxylation is 1. The van der Waals surface area contributed by atoms with E-state index in [2.05, 4.69) is 27.1 Å². The fourth-order valence-corrected chi connectivity index (χ4v) is 1.46. The third-order valence-electron chi connectivity index (χ3n) is 2.41. The topological polar surface area (TPSA) is 129 Å². The van der Waals surface area contributed by atoms with Gasteiger partial charge in [-0.2, -0.15) is 10.4 Å². The molecule has 1 heterocycles. The van der Waals surface area contributed by atoms with Crippen LogP contribution in [0.2, 0.25) is 0 Å². The molecule has 1 rings (SSSR count). The zero-order chi connectivity index (χ0) is 14.3. The van der Waals surface area contributed by atoms with Gasteiger partial charge in [0, 0.05) is 6.54 Å². The van der Waals surface area contributed by atoms with Crippen LogP contribution in [0.5, 0.6) is 0 Å². The number of rotatable bonds is 6. The van der Waals surface area contributed by atoms with Crippen LogP contribution in [0.15, 0.2) is 17.1 Å². The molecule has 1 aromatic rings. The Morgan fingerprint density at radius 1 is 1.63 bits per heavy atom. The number of nitrogens with two attached hydrogens (primary N) is 2. The van der Waals surface area contributed by atoms with Crippen LogP contribution in [0.4, 0.5) is 5.82 Å². The lowest BCUT2D eigenvalue weighted by Gasteiger charge is -2.05. The van der Waals surface area contributed by atoms with Crippen LogP contribution in [0, 0.1) is 11.3 Å². The maximum atomic E-state index is 8.90. The molecule has 0 atom stereocenters. The molecule has 0 radical (unpaired) electrons. The smallest absolute Gasteiger partial charge is 0.188 e. The number of hydrogen-bond donors (Lipinski definition) is 4. The minimum atomic E-state index is 0.244. The van der Waals surface area contributed by atoms with Gasteiger partial charge in [-0.3, -0.25) is 5.10 Å². The van der Waals surface area contributed by atoms with Gasteiger partial charge in [0.1, 0.15) is 11.6 Å². The Hall–Kier alpha value is -2.49. The van der Waals surface area contributed by atoms with Crippen molar-refractivity contribution in [1.82, 2.24) is 15.5 Å². The van der Waals surface area contributed by atoms with Crippen LogP contribution in [0.25, 0.3) is 0 Å². The van der Waals surface area contributed by atoms with E-state index in [1.165, 1.54) is 0 Å². The maximum absolute atomic E-state index is 8.90. The van der Waals surface area contributed by atoms with Gasteiger partial charge in [-0.1, -0.05) is 12.2 Å². The van der Waals surface area contributed by atoms with Gasteiger partial charge in [0.05, 0.1) is 12.2 Å². The highest BCUT2D eigenvalue weighted by molar-refractivity contribution is 5.77. The number of aromatic nitrogens is 2. The normalized spacial score (nSPS) is 11.1. The minimum absolute atomic E-state index is 0.244. The highest BCUT2D eigenvalue weighted by Gasteiger charge is 2.09. The van der Waals surface area contributed by atoms with Crippen LogP contribution in [0.3, 0.4) is 0 Å². The molecule has 0 fully saturated rings. The van der Waals surface area contributed by atoms with Crippen molar-refractivity contribution >= 4 is 11.8 Å². The summed E-state index contributed by atoms with van der Waals surface area (Å²) in [5, 5.41) is 18.4. The average molecular weight is 261 g/mol. The number of nitriles is 1. The molecule has 1 aromatic heterocycles. The fraction of sp³-hybridized carbons (Fsp3) is 0.417. The summed E-state index contributed by atoms with van der Waals surface area (Å²) < 4.78 is 0. The first kappa shape index (κ1) is 14.6. The molecule has 0 saturated carbocycles. The number of aromatic amines is 1. The SMILES string of the molecule is C=C(C)CN=C(N)NCCCc1[nH]nc(N)c1C#N. The first-order valence-corrected chi connectivity index (χ1v) is 5.95. The number of aliphatic imine (C=N–C) groups is 1. The second-order valence-electron chi connectivity index (χ2n) is 4.26. The molecule has 0 aliphatic carbocycles. The minimum Gasteiger partial charge on any atom is -0.381 e. The largest absolute Gasteiger partial charge is 0.381 e. The zero-order valence-electron chi connectivity index (χ0n) is 11.0. The third kappa shape index (κ3) is 4.71. The molecule has 7 nitrogen and oxygen atoms in total. The van der Waals surface area contributed by atoms with Crippen LogP contribution in [-0.4, -0.2) is 29.2 Å². The molecule has 102 valence electrons. The van der Waals surface area contributed by atoms with Crippen LogP contribution < -0.4 is 16.8 Å². The van der Waals surface area contributed by atoms with Gasteiger partial charge in [0.2, 0.25) is 0 Å². The Labute approximate surface area is 112 Å². The summed E-state index contributed by atoms with van der Waals surface area (Å²) >= 11 is 0. The van der Waals surface area contributed by atoms with Crippen LogP contribution in [-0.2, 0) is 6.42 Å². The Morgan fingerprint density at radius 3 is 3.00 bits per heavy atom. The van der Waals surface area contributed by atoms with Crippen molar-refractivity contribution in [3.8, 4) is 6.07 Å². The number of hydrogen-bond acceptors (Lipinski definition) is 4. The summed E-state index contributed by atoms with van der Waals surface area (Å²) in [6, 6.07) is 2.03. The van der Waals surface area contributed by atoms with Gasteiger partial charge in [-0.25, -0.2) is 4.99 Å². The molecule has 7 heteroatoms. The number of H-pyrrole nitrogens is 1. The van der Waals surface area contributed by atoms with E-state index in [-0.39, 0.29) is 5.82 Å². The van der Waals surface area contributed by atoms with E-state index in [9.17, 15) is 0 Å². The molecular weight excluding hydrogens is 242 g/mol. The van der Waals surface area contributed by atoms with E-state index in [4.69, 9.17) is 16.7 Å². The van der Waals surface area contributed by atoms with Gasteiger partial charge in [-0.05, 0) is 19.8 Å². The zero-order valence-corrected chi connectivity index (χ0v) is 11.0. The highest BCUT2D eigenvalue weighted by atomic mass is 15.2. The van der Waals surface area contributed by atoms with Gasteiger partial charge in [-0.15, -0.1) is 0 Å². The Morgan fingerprint density at radius 2 is 2.37 bits per heavy atom. The lowest BCUT2D eigenvalue weighted by atomic mass is 10.1. The molecule has 0 aromatic carbocycles. The average Bonchev–Trinajstić information content (AvgIpc) is 2.72. The molecule has 0 aliphatic rings. The summed E-state index contributed by atoms with van der Waals surface area (Å²) in [4.78, 5) is 4.10. The number of guanidine groups is 1. The van der Waals surface area contributed by atoms with Crippen molar-refractivity contribution in [3.63, 3.8) is 0 Å². The van der Waals surface area contributed by atoms with Crippen molar-refractivity contribution in [2.24, 2.45) is 10.7 Å². The summed E-state index contributed by atoms with van der Waals surface area (Å²) in [7, 11) is 0. The van der Waals surface area contributed by atoms with Crippen molar-refractivity contribution < 1.29 is 0 Å². The first-order chi connectivity index (χ1) is 9.04. The summed E-state index contributed by atoms with van der Waals surface area (Å²) in [6.45, 7) is 6.82.